The van der Waals surface area contributed by atoms with Gasteiger partial charge in [-0.25, -0.2) is 13.2 Å². The van der Waals surface area contributed by atoms with Crippen molar-refractivity contribution in [3.63, 3.8) is 0 Å². The van der Waals surface area contributed by atoms with Crippen LogP contribution in [0, 0.1) is 5.92 Å². The number of hydrogen-bond donors (Lipinski definition) is 1. The van der Waals surface area contributed by atoms with E-state index in [1.54, 1.807) is 28.0 Å². The van der Waals surface area contributed by atoms with Crippen LogP contribution in [-0.2, 0) is 26.0 Å². The number of rotatable bonds is 6. The minimum Gasteiger partial charge on any atom is -0.444 e. The van der Waals surface area contributed by atoms with Crippen molar-refractivity contribution < 1.29 is 27.9 Å². The maximum absolute atomic E-state index is 14.0. The van der Waals surface area contributed by atoms with Crippen LogP contribution >= 0.6 is 0 Å². The Balaban J connectivity index is 1.68. The fraction of sp³-hybridized carbons (Fsp3) is 0.333. The zero-order valence-electron chi connectivity index (χ0n) is 22.6. The van der Waals surface area contributed by atoms with E-state index >= 15 is 0 Å². The average Bonchev–Trinajstić information content (AvgIpc) is 3.39. The third-order valence-corrected chi connectivity index (χ3v) is 7.68. The molecule has 0 aromatic heterocycles. The van der Waals surface area contributed by atoms with Gasteiger partial charge in [0.25, 0.3) is 0 Å². The van der Waals surface area contributed by atoms with Crippen LogP contribution in [0.4, 0.5) is 16.2 Å². The van der Waals surface area contributed by atoms with E-state index in [1.807, 2.05) is 75.4 Å². The minimum atomic E-state index is -3.56. The van der Waals surface area contributed by atoms with Crippen molar-refractivity contribution in [2.75, 3.05) is 24.2 Å². The highest BCUT2D eigenvalue weighted by Gasteiger charge is 2.36. The number of para-hydroxylation sites is 1. The largest absolute Gasteiger partial charge is 0.444 e. The van der Waals surface area contributed by atoms with Gasteiger partial charge in [-0.15, -0.1) is 0 Å². The van der Waals surface area contributed by atoms with Crippen molar-refractivity contribution in [3.8, 4) is 11.1 Å². The van der Waals surface area contributed by atoms with Gasteiger partial charge in [0.1, 0.15) is 5.60 Å². The number of aliphatic hydroxyl groups excluding tert-OH is 1. The van der Waals surface area contributed by atoms with Gasteiger partial charge in [0, 0.05) is 30.7 Å². The summed E-state index contributed by atoms with van der Waals surface area (Å²) in [5, 5.41) is 9.62. The zero-order chi connectivity index (χ0) is 28.4. The monoisotopic (exact) mass is 550 g/mol. The molecule has 1 atom stereocenters. The van der Waals surface area contributed by atoms with Gasteiger partial charge in [-0.05, 0) is 74.2 Å². The third kappa shape index (κ3) is 6.66. The van der Waals surface area contributed by atoms with Crippen LogP contribution in [0.2, 0.25) is 0 Å². The van der Waals surface area contributed by atoms with Crippen molar-refractivity contribution >= 4 is 33.2 Å². The van der Waals surface area contributed by atoms with E-state index in [-0.39, 0.29) is 24.0 Å². The molecular formula is C30H34N2O6S. The molecule has 0 bridgehead atoms. The van der Waals surface area contributed by atoms with Crippen LogP contribution in [0.1, 0.15) is 32.8 Å². The lowest BCUT2D eigenvalue weighted by molar-refractivity contribution is -0.121. The molecule has 8 nitrogen and oxygen atoms in total. The molecule has 1 fully saturated rings. The predicted octanol–water partition coefficient (Wildman–Crippen LogP) is 5.17. The summed E-state index contributed by atoms with van der Waals surface area (Å²) in [7, 11) is -3.56. The smallest absolute Gasteiger partial charge is 0.410 e. The van der Waals surface area contributed by atoms with Crippen molar-refractivity contribution in [2.24, 2.45) is 5.92 Å². The number of sulfone groups is 1. The molecule has 1 aliphatic rings. The average molecular weight is 551 g/mol. The van der Waals surface area contributed by atoms with E-state index in [1.165, 1.54) is 0 Å². The van der Waals surface area contributed by atoms with Crippen LogP contribution in [-0.4, -0.2) is 55.4 Å². The highest BCUT2D eigenvalue weighted by atomic mass is 32.2. The molecule has 1 unspecified atom stereocenters. The second-order valence-corrected chi connectivity index (χ2v) is 12.7. The molecule has 2 amide bonds. The number of benzene rings is 3. The number of amides is 2. The third-order valence-electron chi connectivity index (χ3n) is 6.50. The van der Waals surface area contributed by atoms with Gasteiger partial charge in [0.2, 0.25) is 5.91 Å². The van der Waals surface area contributed by atoms with Gasteiger partial charge < -0.3 is 14.7 Å². The van der Waals surface area contributed by atoms with Crippen molar-refractivity contribution in [3.05, 3.63) is 78.4 Å². The van der Waals surface area contributed by atoms with E-state index in [2.05, 4.69) is 0 Å². The number of ether oxygens (including phenoxy) is 1. The quantitative estimate of drug-likeness (QED) is 0.454. The number of nitrogens with zero attached hydrogens (tertiary/aromatic N) is 2. The number of anilines is 2. The molecular weight excluding hydrogens is 516 g/mol. The Labute approximate surface area is 229 Å². The van der Waals surface area contributed by atoms with Gasteiger partial charge >= 0.3 is 6.09 Å². The molecule has 0 aliphatic carbocycles. The zero-order valence-corrected chi connectivity index (χ0v) is 23.4. The molecule has 206 valence electrons. The Kier molecular flexibility index (Phi) is 8.13. The molecule has 3 aromatic rings. The number of likely N-dealkylation sites (tertiary alicyclic amines) is 1. The van der Waals surface area contributed by atoms with Gasteiger partial charge in [0.05, 0.1) is 17.4 Å². The Morgan fingerprint density at radius 1 is 0.974 bits per heavy atom. The van der Waals surface area contributed by atoms with Gasteiger partial charge in [0.15, 0.2) is 9.84 Å². The summed E-state index contributed by atoms with van der Waals surface area (Å²) in [4.78, 5) is 29.8. The minimum absolute atomic E-state index is 0.0667. The van der Waals surface area contributed by atoms with Crippen LogP contribution in [0.25, 0.3) is 11.1 Å². The topological polar surface area (TPSA) is 104 Å². The molecule has 1 heterocycles. The fourth-order valence-electron chi connectivity index (χ4n) is 4.65. The maximum atomic E-state index is 14.0. The fourth-order valence-corrected chi connectivity index (χ4v) is 5.60. The summed E-state index contributed by atoms with van der Waals surface area (Å²) < 4.78 is 30.2. The Morgan fingerprint density at radius 2 is 1.64 bits per heavy atom. The summed E-state index contributed by atoms with van der Waals surface area (Å²) in [5.74, 6) is -0.557. The van der Waals surface area contributed by atoms with Gasteiger partial charge in [-0.2, -0.15) is 0 Å². The van der Waals surface area contributed by atoms with Crippen molar-refractivity contribution in [1.29, 1.82) is 0 Å². The molecule has 9 heteroatoms. The lowest BCUT2D eigenvalue weighted by atomic mass is 10.0. The first kappa shape index (κ1) is 28.3. The van der Waals surface area contributed by atoms with Crippen molar-refractivity contribution in [1.82, 2.24) is 4.90 Å². The van der Waals surface area contributed by atoms with E-state index in [9.17, 15) is 23.1 Å². The highest BCUT2D eigenvalue weighted by molar-refractivity contribution is 7.90. The summed E-state index contributed by atoms with van der Waals surface area (Å²) >= 11 is 0. The summed E-state index contributed by atoms with van der Waals surface area (Å²) in [6.45, 7) is 5.73. The molecule has 39 heavy (non-hydrogen) atoms. The van der Waals surface area contributed by atoms with Crippen LogP contribution < -0.4 is 4.90 Å². The second-order valence-electron chi connectivity index (χ2n) is 10.7. The summed E-state index contributed by atoms with van der Waals surface area (Å²) in [6.07, 6.45) is 1.19. The Hall–Kier alpha value is -3.69. The predicted molar refractivity (Wildman–Crippen MR) is 150 cm³/mol. The molecule has 0 radical (unpaired) electrons. The van der Waals surface area contributed by atoms with Gasteiger partial charge in [-0.3, -0.25) is 9.69 Å². The van der Waals surface area contributed by atoms with E-state index in [0.29, 0.717) is 35.5 Å². The molecule has 1 saturated heterocycles. The van der Waals surface area contributed by atoms with Crippen molar-refractivity contribution in [2.45, 2.75) is 44.3 Å². The summed E-state index contributed by atoms with van der Waals surface area (Å²) in [6, 6.07) is 21.5. The SMILES string of the molecule is CC(C)(C)OC(=O)N1CCC(C(=O)N(c2ccccc2)c2cccc(-c3ccc(CO)c(S(C)(=O)=O)c3)c2)C1. The number of aliphatic hydroxyl groups is 1. The molecule has 0 spiro atoms. The molecule has 1 N–H and O–H groups in total. The maximum Gasteiger partial charge on any atom is 0.410 e. The van der Waals surface area contributed by atoms with Crippen LogP contribution in [0.5, 0.6) is 0 Å². The standard InChI is InChI=1S/C30H34N2O6S/c1-30(2,3)38-29(35)31-16-15-23(19-31)28(34)32(25-10-6-5-7-11-25)26-12-8-9-21(17-26)22-13-14-24(20-33)27(18-22)39(4,36)37/h5-14,17-18,23,33H,15-16,19-20H2,1-4H3. The first-order chi connectivity index (χ1) is 18.4. The summed E-state index contributed by atoms with van der Waals surface area (Å²) in [5.41, 5.74) is 2.37. The lowest BCUT2D eigenvalue weighted by Crippen LogP contribution is -2.38. The first-order valence-electron chi connectivity index (χ1n) is 12.8. The molecule has 0 saturated carbocycles. The van der Waals surface area contributed by atoms with E-state index in [0.717, 1.165) is 11.8 Å². The second kappa shape index (κ2) is 11.2. The van der Waals surface area contributed by atoms with Gasteiger partial charge in [-0.1, -0.05) is 42.5 Å². The van der Waals surface area contributed by atoms with Crippen LogP contribution in [0.3, 0.4) is 0 Å². The van der Waals surface area contributed by atoms with Crippen LogP contribution in [0.15, 0.2) is 77.7 Å². The molecule has 3 aromatic carbocycles. The van der Waals surface area contributed by atoms with E-state index in [4.69, 9.17) is 4.74 Å². The number of carbonyl (C=O) groups excluding carboxylic acids is 2. The Bertz CT molecular complexity index is 1460. The van der Waals surface area contributed by atoms with E-state index < -0.39 is 27.4 Å². The first-order valence-corrected chi connectivity index (χ1v) is 14.7. The number of hydrogen-bond acceptors (Lipinski definition) is 6. The lowest BCUT2D eigenvalue weighted by Gasteiger charge is -2.27. The highest BCUT2D eigenvalue weighted by Crippen LogP contribution is 2.34. The normalized spacial score (nSPS) is 15.7. The molecule has 1 aliphatic heterocycles. The molecule has 4 rings (SSSR count). The number of carbonyl (C=O) groups is 2. The Morgan fingerprint density at radius 3 is 2.28 bits per heavy atom.